The second-order valence-electron chi connectivity index (χ2n) is 9.57. The first-order chi connectivity index (χ1) is 16.0. The number of nitrogens with zero attached hydrogens (tertiary/aromatic N) is 1. The molecule has 8 nitrogen and oxygen atoms in total. The summed E-state index contributed by atoms with van der Waals surface area (Å²) in [4.78, 5) is 12.7. The highest BCUT2D eigenvalue weighted by Gasteiger charge is 2.27. The molecule has 0 saturated carbocycles. The van der Waals surface area contributed by atoms with Crippen LogP contribution < -0.4 is 15.4 Å². The van der Waals surface area contributed by atoms with Gasteiger partial charge in [-0.25, -0.2) is 8.42 Å². The van der Waals surface area contributed by atoms with Gasteiger partial charge in [-0.1, -0.05) is 32.9 Å². The Balaban J connectivity index is 1.73. The Kier molecular flexibility index (Phi) is 8.22. The fourth-order valence-corrected chi connectivity index (χ4v) is 4.97. The quantitative estimate of drug-likeness (QED) is 0.585. The average molecular weight is 490 g/mol. The Labute approximate surface area is 202 Å². The Morgan fingerprint density at radius 3 is 2.32 bits per heavy atom. The predicted octanol–water partition coefficient (Wildman–Crippen LogP) is 3.84. The standard InChI is InChI=1S/C25H35N3O5S/c1-18(2)33-23-11-10-21(34(30,31)28-12-14-32-15-13-28)16-22(23)26-17-24(29)27-20-8-6-19(7-9-20)25(3,4)5/h6-11,16,18,26H,12-15,17H2,1-5H3,(H,27,29). The zero-order chi connectivity index (χ0) is 24.9. The molecule has 1 aliphatic rings. The highest BCUT2D eigenvalue weighted by Crippen LogP contribution is 2.30. The van der Waals surface area contributed by atoms with Crippen molar-refractivity contribution in [3.63, 3.8) is 0 Å². The molecular formula is C25H35N3O5S. The SMILES string of the molecule is CC(C)Oc1ccc(S(=O)(=O)N2CCOCC2)cc1NCC(=O)Nc1ccc(C(C)(C)C)cc1. The molecule has 1 fully saturated rings. The molecule has 2 aromatic carbocycles. The second-order valence-corrected chi connectivity index (χ2v) is 11.5. The molecular weight excluding hydrogens is 454 g/mol. The number of carbonyl (C=O) groups excluding carboxylic acids is 1. The van der Waals surface area contributed by atoms with Crippen molar-refractivity contribution in [3.8, 4) is 5.75 Å². The zero-order valence-corrected chi connectivity index (χ0v) is 21.4. The summed E-state index contributed by atoms with van der Waals surface area (Å²) >= 11 is 0. The second kappa shape index (κ2) is 10.8. The highest BCUT2D eigenvalue weighted by atomic mass is 32.2. The Morgan fingerprint density at radius 2 is 1.74 bits per heavy atom. The van der Waals surface area contributed by atoms with Crippen LogP contribution >= 0.6 is 0 Å². The third-order valence-corrected chi connectivity index (χ3v) is 7.29. The van der Waals surface area contributed by atoms with Gasteiger partial charge >= 0.3 is 0 Å². The number of benzene rings is 2. The normalized spacial score (nSPS) is 15.2. The van der Waals surface area contributed by atoms with Gasteiger partial charge in [0.25, 0.3) is 0 Å². The first-order valence-electron chi connectivity index (χ1n) is 11.5. The van der Waals surface area contributed by atoms with Crippen LogP contribution in [0.1, 0.15) is 40.2 Å². The number of nitrogens with one attached hydrogen (secondary N) is 2. The fraction of sp³-hybridized carbons (Fsp3) is 0.480. The summed E-state index contributed by atoms with van der Waals surface area (Å²) in [6.07, 6.45) is -0.114. The van der Waals surface area contributed by atoms with Crippen LogP contribution in [0, 0.1) is 0 Å². The van der Waals surface area contributed by atoms with Crippen LogP contribution in [0.4, 0.5) is 11.4 Å². The third kappa shape index (κ3) is 6.71. The monoisotopic (exact) mass is 489 g/mol. The van der Waals surface area contributed by atoms with E-state index in [0.29, 0.717) is 43.4 Å². The minimum Gasteiger partial charge on any atom is -0.489 e. The van der Waals surface area contributed by atoms with E-state index < -0.39 is 10.0 Å². The van der Waals surface area contributed by atoms with Crippen molar-refractivity contribution < 1.29 is 22.7 Å². The van der Waals surface area contributed by atoms with Gasteiger partial charge in [0.15, 0.2) is 0 Å². The molecule has 2 N–H and O–H groups in total. The van der Waals surface area contributed by atoms with Gasteiger partial charge in [0.1, 0.15) is 5.75 Å². The van der Waals surface area contributed by atoms with Gasteiger partial charge in [-0.15, -0.1) is 0 Å². The molecule has 0 unspecified atom stereocenters. The van der Waals surface area contributed by atoms with E-state index in [1.54, 1.807) is 6.07 Å². The molecule has 3 rings (SSSR count). The average Bonchev–Trinajstić information content (AvgIpc) is 2.78. The summed E-state index contributed by atoms with van der Waals surface area (Å²) in [6, 6.07) is 12.4. The molecule has 9 heteroatoms. The lowest BCUT2D eigenvalue weighted by Crippen LogP contribution is -2.40. The molecule has 0 radical (unpaired) electrons. The van der Waals surface area contributed by atoms with Crippen molar-refractivity contribution >= 4 is 27.3 Å². The molecule has 1 saturated heterocycles. The van der Waals surface area contributed by atoms with Crippen LogP contribution in [0.5, 0.6) is 5.75 Å². The van der Waals surface area contributed by atoms with Gasteiger partial charge in [0.2, 0.25) is 15.9 Å². The summed E-state index contributed by atoms with van der Waals surface area (Å²) in [7, 11) is -3.68. The maximum atomic E-state index is 13.1. The molecule has 1 amide bonds. The van der Waals surface area contributed by atoms with E-state index in [0.717, 1.165) is 0 Å². The van der Waals surface area contributed by atoms with Crippen LogP contribution in [0.3, 0.4) is 0 Å². The highest BCUT2D eigenvalue weighted by molar-refractivity contribution is 7.89. The van der Waals surface area contributed by atoms with E-state index in [1.807, 2.05) is 38.1 Å². The third-order valence-electron chi connectivity index (χ3n) is 5.40. The number of hydrogen-bond acceptors (Lipinski definition) is 6. The molecule has 2 aromatic rings. The topological polar surface area (TPSA) is 97.0 Å². The molecule has 34 heavy (non-hydrogen) atoms. The van der Waals surface area contributed by atoms with E-state index in [1.165, 1.54) is 22.0 Å². The van der Waals surface area contributed by atoms with Crippen LogP contribution in [0.25, 0.3) is 0 Å². The molecule has 0 atom stereocenters. The van der Waals surface area contributed by atoms with E-state index in [4.69, 9.17) is 9.47 Å². The van der Waals surface area contributed by atoms with Crippen molar-refractivity contribution in [2.24, 2.45) is 0 Å². The molecule has 0 aromatic heterocycles. The molecule has 1 aliphatic heterocycles. The minimum absolute atomic E-state index is 0.0312. The Hall–Kier alpha value is -2.62. The van der Waals surface area contributed by atoms with Gasteiger partial charge in [0.05, 0.1) is 36.4 Å². The van der Waals surface area contributed by atoms with Crippen molar-refractivity contribution in [1.29, 1.82) is 0 Å². The van der Waals surface area contributed by atoms with Gasteiger partial charge in [-0.05, 0) is 55.2 Å². The lowest BCUT2D eigenvalue weighted by molar-refractivity contribution is -0.114. The number of hydrogen-bond donors (Lipinski definition) is 2. The first kappa shape index (κ1) is 26.0. The Bertz CT molecular complexity index is 1090. The van der Waals surface area contributed by atoms with Gasteiger partial charge in [-0.3, -0.25) is 4.79 Å². The van der Waals surface area contributed by atoms with Gasteiger partial charge in [0, 0.05) is 18.8 Å². The van der Waals surface area contributed by atoms with Crippen LogP contribution in [0.2, 0.25) is 0 Å². The van der Waals surface area contributed by atoms with E-state index in [2.05, 4.69) is 31.4 Å². The zero-order valence-electron chi connectivity index (χ0n) is 20.6. The lowest BCUT2D eigenvalue weighted by Gasteiger charge is -2.26. The number of rotatable bonds is 8. The van der Waals surface area contributed by atoms with E-state index >= 15 is 0 Å². The summed E-state index contributed by atoms with van der Waals surface area (Å²) in [5.41, 5.74) is 2.35. The van der Waals surface area contributed by atoms with Crippen molar-refractivity contribution in [1.82, 2.24) is 4.31 Å². The van der Waals surface area contributed by atoms with Crippen molar-refractivity contribution in [3.05, 3.63) is 48.0 Å². The molecule has 186 valence electrons. The minimum atomic E-state index is -3.68. The number of morpholine rings is 1. The molecule has 0 spiro atoms. The van der Waals surface area contributed by atoms with Gasteiger partial charge < -0.3 is 20.1 Å². The lowest BCUT2D eigenvalue weighted by atomic mass is 9.87. The summed E-state index contributed by atoms with van der Waals surface area (Å²) < 4.78 is 38.7. The molecule has 1 heterocycles. The van der Waals surface area contributed by atoms with Crippen molar-refractivity contribution in [2.45, 2.75) is 51.0 Å². The smallest absolute Gasteiger partial charge is 0.243 e. The summed E-state index contributed by atoms with van der Waals surface area (Å²) in [6.45, 7) is 11.5. The summed E-state index contributed by atoms with van der Waals surface area (Å²) in [5, 5.41) is 5.91. The van der Waals surface area contributed by atoms with Crippen molar-refractivity contribution in [2.75, 3.05) is 43.5 Å². The number of sulfonamides is 1. The fourth-order valence-electron chi connectivity index (χ4n) is 3.53. The first-order valence-corrected chi connectivity index (χ1v) is 12.9. The van der Waals surface area contributed by atoms with Gasteiger partial charge in [-0.2, -0.15) is 4.31 Å². The summed E-state index contributed by atoms with van der Waals surface area (Å²) in [5.74, 6) is 0.235. The van der Waals surface area contributed by atoms with Crippen LogP contribution in [-0.2, 0) is 25.0 Å². The molecule has 0 aliphatic carbocycles. The number of anilines is 2. The maximum absolute atomic E-state index is 13.1. The number of carbonyl (C=O) groups is 1. The predicted molar refractivity (Wildman–Crippen MR) is 134 cm³/mol. The molecule has 0 bridgehead atoms. The largest absolute Gasteiger partial charge is 0.489 e. The number of amides is 1. The van der Waals surface area contributed by atoms with E-state index in [-0.39, 0.29) is 28.9 Å². The number of ether oxygens (including phenoxy) is 2. The van der Waals surface area contributed by atoms with Crippen LogP contribution in [-0.4, -0.2) is 57.6 Å². The Morgan fingerprint density at radius 1 is 1.09 bits per heavy atom. The maximum Gasteiger partial charge on any atom is 0.243 e. The van der Waals surface area contributed by atoms with Crippen LogP contribution in [0.15, 0.2) is 47.4 Å². The van der Waals surface area contributed by atoms with E-state index in [9.17, 15) is 13.2 Å².